The summed E-state index contributed by atoms with van der Waals surface area (Å²) in [5.74, 6) is 0. The Morgan fingerprint density at radius 2 is 1.89 bits per heavy atom. The molecular formula is C15H21NO2. The Kier molecular flexibility index (Phi) is 4.24. The molecule has 1 aromatic carbocycles. The summed E-state index contributed by atoms with van der Waals surface area (Å²) in [6, 6.07) is 10.4. The van der Waals surface area contributed by atoms with E-state index in [2.05, 4.69) is 17.4 Å². The summed E-state index contributed by atoms with van der Waals surface area (Å²) in [6.07, 6.45) is 6.28. The Balaban J connectivity index is 2.11. The number of nitrogens with one attached hydrogen (secondary N) is 1. The standard InChI is InChI=1S/C15H21NO2/c1-18-14(17)16-15(10-6-3-7-11-15)12-13-8-4-2-5-9-13/h2,4-5,8-9H,3,6-7,10-12H2,1H3,(H,16,17). The number of carbonyl (C=O) groups excluding carboxylic acids is 1. The third kappa shape index (κ3) is 3.25. The SMILES string of the molecule is COC(=O)NC1(Cc2ccccc2)CCCCC1. The summed E-state index contributed by atoms with van der Waals surface area (Å²) in [5.41, 5.74) is 1.16. The lowest BCUT2D eigenvalue weighted by Crippen LogP contribution is -2.51. The topological polar surface area (TPSA) is 38.3 Å². The van der Waals surface area contributed by atoms with Gasteiger partial charge in [0.15, 0.2) is 0 Å². The average molecular weight is 247 g/mol. The molecule has 1 fully saturated rings. The number of hydrogen-bond acceptors (Lipinski definition) is 2. The first kappa shape index (κ1) is 12.9. The van der Waals surface area contributed by atoms with Crippen molar-refractivity contribution in [3.63, 3.8) is 0 Å². The predicted molar refractivity (Wildman–Crippen MR) is 71.5 cm³/mol. The van der Waals surface area contributed by atoms with Crippen LogP contribution >= 0.6 is 0 Å². The molecule has 0 unspecified atom stereocenters. The highest BCUT2D eigenvalue weighted by Crippen LogP contribution is 2.31. The van der Waals surface area contributed by atoms with Crippen LogP contribution in [-0.4, -0.2) is 18.7 Å². The number of rotatable bonds is 3. The molecule has 3 heteroatoms. The third-order valence-electron chi connectivity index (χ3n) is 3.75. The van der Waals surface area contributed by atoms with E-state index in [4.69, 9.17) is 4.74 Å². The minimum absolute atomic E-state index is 0.118. The first-order chi connectivity index (χ1) is 8.74. The molecule has 3 nitrogen and oxygen atoms in total. The van der Waals surface area contributed by atoms with Crippen molar-refractivity contribution in [2.24, 2.45) is 0 Å². The molecule has 1 amide bonds. The third-order valence-corrected chi connectivity index (χ3v) is 3.75. The number of carbonyl (C=O) groups is 1. The van der Waals surface area contributed by atoms with E-state index in [1.807, 2.05) is 18.2 Å². The number of ether oxygens (including phenoxy) is 1. The van der Waals surface area contributed by atoms with E-state index in [0.29, 0.717) is 0 Å². The zero-order valence-corrected chi connectivity index (χ0v) is 10.9. The fourth-order valence-electron chi connectivity index (χ4n) is 2.83. The molecule has 1 saturated carbocycles. The highest BCUT2D eigenvalue weighted by atomic mass is 16.5. The Morgan fingerprint density at radius 1 is 1.22 bits per heavy atom. The molecule has 98 valence electrons. The van der Waals surface area contributed by atoms with Crippen LogP contribution in [0.3, 0.4) is 0 Å². The molecule has 0 aliphatic heterocycles. The Labute approximate surface area is 109 Å². The maximum absolute atomic E-state index is 11.5. The molecule has 0 bridgehead atoms. The normalized spacial score (nSPS) is 18.1. The van der Waals surface area contributed by atoms with Gasteiger partial charge in [0.05, 0.1) is 7.11 Å². The van der Waals surface area contributed by atoms with Crippen LogP contribution in [0.4, 0.5) is 4.79 Å². The summed E-state index contributed by atoms with van der Waals surface area (Å²) in [4.78, 5) is 11.5. The highest BCUT2D eigenvalue weighted by Gasteiger charge is 2.33. The fraction of sp³-hybridized carbons (Fsp3) is 0.533. The molecule has 0 radical (unpaired) electrons. The summed E-state index contributed by atoms with van der Waals surface area (Å²) in [7, 11) is 1.42. The first-order valence-corrected chi connectivity index (χ1v) is 6.64. The van der Waals surface area contributed by atoms with Crippen molar-refractivity contribution in [3.8, 4) is 0 Å². The second kappa shape index (κ2) is 5.89. The van der Waals surface area contributed by atoms with E-state index in [0.717, 1.165) is 19.3 Å². The first-order valence-electron chi connectivity index (χ1n) is 6.64. The minimum Gasteiger partial charge on any atom is -0.453 e. The van der Waals surface area contributed by atoms with Gasteiger partial charge >= 0.3 is 6.09 Å². The molecule has 18 heavy (non-hydrogen) atoms. The van der Waals surface area contributed by atoms with Crippen molar-refractivity contribution in [1.82, 2.24) is 5.32 Å². The summed E-state index contributed by atoms with van der Waals surface area (Å²) in [6.45, 7) is 0. The van der Waals surface area contributed by atoms with Gasteiger partial charge < -0.3 is 10.1 Å². The van der Waals surface area contributed by atoms with Crippen molar-refractivity contribution in [2.75, 3.05) is 7.11 Å². The van der Waals surface area contributed by atoms with Gasteiger partial charge in [-0.2, -0.15) is 0 Å². The lowest BCUT2D eigenvalue weighted by molar-refractivity contribution is 0.143. The Hall–Kier alpha value is -1.51. The van der Waals surface area contributed by atoms with Gasteiger partial charge in [0, 0.05) is 5.54 Å². The van der Waals surface area contributed by atoms with Gasteiger partial charge in [-0.3, -0.25) is 0 Å². The smallest absolute Gasteiger partial charge is 0.407 e. The largest absolute Gasteiger partial charge is 0.453 e. The summed E-state index contributed by atoms with van der Waals surface area (Å²) in [5, 5.41) is 3.07. The molecular weight excluding hydrogens is 226 g/mol. The van der Waals surface area contributed by atoms with Crippen molar-refractivity contribution in [2.45, 2.75) is 44.1 Å². The molecule has 0 aromatic heterocycles. The number of alkyl carbamates (subject to hydrolysis) is 1. The van der Waals surface area contributed by atoms with E-state index in [1.54, 1.807) is 0 Å². The summed E-state index contributed by atoms with van der Waals surface area (Å²) >= 11 is 0. The van der Waals surface area contributed by atoms with Crippen molar-refractivity contribution >= 4 is 6.09 Å². The van der Waals surface area contributed by atoms with Crippen LogP contribution < -0.4 is 5.32 Å². The lowest BCUT2D eigenvalue weighted by Gasteiger charge is -2.37. The number of methoxy groups -OCH3 is 1. The minimum atomic E-state index is -0.312. The fourth-order valence-corrected chi connectivity index (χ4v) is 2.83. The zero-order valence-electron chi connectivity index (χ0n) is 10.9. The maximum Gasteiger partial charge on any atom is 0.407 e. The highest BCUT2D eigenvalue weighted by molar-refractivity contribution is 5.68. The van der Waals surface area contributed by atoms with Crippen molar-refractivity contribution in [1.29, 1.82) is 0 Å². The predicted octanol–water partition coefficient (Wildman–Crippen LogP) is 3.29. The average Bonchev–Trinajstić information content (AvgIpc) is 2.40. The Morgan fingerprint density at radius 3 is 2.50 bits per heavy atom. The van der Waals surface area contributed by atoms with E-state index < -0.39 is 0 Å². The number of amides is 1. The van der Waals surface area contributed by atoms with Gasteiger partial charge in [-0.25, -0.2) is 4.79 Å². The molecule has 1 aliphatic rings. The maximum atomic E-state index is 11.5. The molecule has 1 N–H and O–H groups in total. The van der Waals surface area contributed by atoms with Crippen LogP contribution in [0.1, 0.15) is 37.7 Å². The van der Waals surface area contributed by atoms with Gasteiger partial charge in [0.1, 0.15) is 0 Å². The van der Waals surface area contributed by atoms with Gasteiger partial charge in [0.2, 0.25) is 0 Å². The number of hydrogen-bond donors (Lipinski definition) is 1. The molecule has 0 heterocycles. The zero-order chi connectivity index (χ0) is 12.8. The van der Waals surface area contributed by atoms with Gasteiger partial charge in [-0.15, -0.1) is 0 Å². The van der Waals surface area contributed by atoms with Crippen LogP contribution in [0.5, 0.6) is 0 Å². The van der Waals surface area contributed by atoms with E-state index in [-0.39, 0.29) is 11.6 Å². The second-order valence-electron chi connectivity index (χ2n) is 5.12. The number of benzene rings is 1. The second-order valence-corrected chi connectivity index (χ2v) is 5.12. The van der Waals surface area contributed by atoms with Crippen LogP contribution in [0.2, 0.25) is 0 Å². The van der Waals surface area contributed by atoms with E-state index in [9.17, 15) is 4.79 Å². The van der Waals surface area contributed by atoms with E-state index >= 15 is 0 Å². The van der Waals surface area contributed by atoms with Crippen LogP contribution in [0.25, 0.3) is 0 Å². The molecule has 1 aliphatic carbocycles. The molecule has 0 atom stereocenters. The quantitative estimate of drug-likeness (QED) is 0.890. The van der Waals surface area contributed by atoms with Gasteiger partial charge in [-0.1, -0.05) is 49.6 Å². The van der Waals surface area contributed by atoms with Gasteiger partial charge in [-0.05, 0) is 24.8 Å². The van der Waals surface area contributed by atoms with E-state index in [1.165, 1.54) is 31.9 Å². The summed E-state index contributed by atoms with van der Waals surface area (Å²) < 4.78 is 4.77. The van der Waals surface area contributed by atoms with Crippen LogP contribution in [0.15, 0.2) is 30.3 Å². The van der Waals surface area contributed by atoms with Crippen molar-refractivity contribution in [3.05, 3.63) is 35.9 Å². The Bertz CT molecular complexity index is 383. The van der Waals surface area contributed by atoms with Crippen molar-refractivity contribution < 1.29 is 9.53 Å². The van der Waals surface area contributed by atoms with Crippen LogP contribution in [-0.2, 0) is 11.2 Å². The molecule has 0 saturated heterocycles. The molecule has 1 aromatic rings. The molecule has 0 spiro atoms. The lowest BCUT2D eigenvalue weighted by atomic mass is 9.77. The molecule has 2 rings (SSSR count). The van der Waals surface area contributed by atoms with Crippen LogP contribution in [0, 0.1) is 0 Å². The van der Waals surface area contributed by atoms with Gasteiger partial charge in [0.25, 0.3) is 0 Å². The monoisotopic (exact) mass is 247 g/mol.